The molecule has 0 aromatic heterocycles. The largest absolute Gasteiger partial charge is 0.396 e. The molecular weight excluding hydrogens is 144 g/mol. The van der Waals surface area contributed by atoms with Gasteiger partial charge in [-0.05, 0) is 18.3 Å². The highest BCUT2D eigenvalue weighted by atomic mass is 16.3. The van der Waals surface area contributed by atoms with E-state index in [2.05, 4.69) is 0 Å². The van der Waals surface area contributed by atoms with E-state index in [1.807, 2.05) is 6.92 Å². The van der Waals surface area contributed by atoms with E-state index in [-0.39, 0.29) is 17.9 Å². The lowest BCUT2D eigenvalue weighted by Crippen LogP contribution is -2.34. The van der Waals surface area contributed by atoms with Crippen LogP contribution in [0, 0.1) is 17.3 Å². The highest BCUT2D eigenvalue weighted by molar-refractivity contribution is 5.17. The van der Waals surface area contributed by atoms with E-state index in [4.69, 9.17) is 5.11 Å². The predicted octanol–water partition coefficient (Wildman–Crippen LogP) is -0.644. The normalized spacial score (nSPS) is 61.1. The summed E-state index contributed by atoms with van der Waals surface area (Å²) < 4.78 is 0. The lowest BCUT2D eigenvalue weighted by Gasteiger charge is -2.20. The quantitative estimate of drug-likeness (QED) is 0.475. The van der Waals surface area contributed by atoms with E-state index in [0.29, 0.717) is 5.92 Å². The molecule has 0 amide bonds. The van der Waals surface area contributed by atoms with E-state index in [9.17, 15) is 10.2 Å². The molecule has 0 spiro atoms. The Hall–Kier alpha value is -0.120. The average molecular weight is 158 g/mol. The summed E-state index contributed by atoms with van der Waals surface area (Å²) in [7, 11) is 0. The molecule has 2 rings (SSSR count). The molecule has 2 saturated carbocycles. The fraction of sp³-hybridized carbons (Fsp3) is 1.00. The van der Waals surface area contributed by atoms with Crippen molar-refractivity contribution in [2.75, 3.05) is 6.61 Å². The standard InChI is InChI=1S/C8H14O3/c1-4-5-2-8(5,3-9)7(11)6(4)10/h4-7,9-11H,2-3H2,1H3/t4-,5-,6+,7+,8-/m1/s1. The van der Waals surface area contributed by atoms with Gasteiger partial charge in [0, 0.05) is 5.41 Å². The van der Waals surface area contributed by atoms with Gasteiger partial charge in [-0.3, -0.25) is 0 Å². The molecule has 2 fully saturated rings. The van der Waals surface area contributed by atoms with Gasteiger partial charge in [0.1, 0.15) is 0 Å². The maximum atomic E-state index is 9.52. The topological polar surface area (TPSA) is 60.7 Å². The van der Waals surface area contributed by atoms with E-state index in [1.165, 1.54) is 0 Å². The monoisotopic (exact) mass is 158 g/mol. The van der Waals surface area contributed by atoms with Crippen LogP contribution in [0.5, 0.6) is 0 Å². The zero-order valence-corrected chi connectivity index (χ0v) is 6.57. The Morgan fingerprint density at radius 2 is 2.09 bits per heavy atom. The number of hydrogen-bond acceptors (Lipinski definition) is 3. The molecule has 2 aliphatic rings. The molecule has 11 heavy (non-hydrogen) atoms. The summed E-state index contributed by atoms with van der Waals surface area (Å²) >= 11 is 0. The minimum Gasteiger partial charge on any atom is -0.396 e. The highest BCUT2D eigenvalue weighted by Gasteiger charge is 2.69. The summed E-state index contributed by atoms with van der Waals surface area (Å²) in [6, 6.07) is 0. The summed E-state index contributed by atoms with van der Waals surface area (Å²) in [5.74, 6) is 0.495. The molecule has 0 unspecified atom stereocenters. The summed E-state index contributed by atoms with van der Waals surface area (Å²) in [6.45, 7) is 1.95. The van der Waals surface area contributed by atoms with Crippen LogP contribution in [0.25, 0.3) is 0 Å². The third-order valence-electron chi connectivity index (χ3n) is 3.56. The zero-order valence-electron chi connectivity index (χ0n) is 6.57. The second-order valence-electron chi connectivity index (χ2n) is 4.00. The van der Waals surface area contributed by atoms with Crippen molar-refractivity contribution in [2.24, 2.45) is 17.3 Å². The minimum atomic E-state index is -0.701. The van der Waals surface area contributed by atoms with E-state index < -0.39 is 12.2 Å². The van der Waals surface area contributed by atoms with Gasteiger partial charge in [-0.1, -0.05) is 6.92 Å². The Morgan fingerprint density at radius 1 is 1.45 bits per heavy atom. The molecule has 2 aliphatic carbocycles. The Labute approximate surface area is 65.7 Å². The van der Waals surface area contributed by atoms with E-state index >= 15 is 0 Å². The predicted molar refractivity (Wildman–Crippen MR) is 38.8 cm³/mol. The fourth-order valence-electron chi connectivity index (χ4n) is 2.54. The molecule has 3 heteroatoms. The highest BCUT2D eigenvalue weighted by Crippen LogP contribution is 2.65. The Bertz CT molecular complexity index is 180. The van der Waals surface area contributed by atoms with Crippen molar-refractivity contribution in [1.29, 1.82) is 0 Å². The van der Waals surface area contributed by atoms with Crippen LogP contribution >= 0.6 is 0 Å². The second kappa shape index (κ2) is 1.97. The van der Waals surface area contributed by atoms with Crippen LogP contribution in [0.2, 0.25) is 0 Å². The molecule has 0 aliphatic heterocycles. The lowest BCUT2D eigenvalue weighted by atomic mass is 9.99. The van der Waals surface area contributed by atoms with Gasteiger partial charge in [0.2, 0.25) is 0 Å². The molecule has 64 valence electrons. The van der Waals surface area contributed by atoms with Crippen LogP contribution in [-0.4, -0.2) is 34.1 Å². The van der Waals surface area contributed by atoms with Crippen molar-refractivity contribution in [3.63, 3.8) is 0 Å². The molecule has 5 atom stereocenters. The molecule has 3 N–H and O–H groups in total. The van der Waals surface area contributed by atoms with Crippen LogP contribution in [0.15, 0.2) is 0 Å². The van der Waals surface area contributed by atoms with Crippen LogP contribution in [-0.2, 0) is 0 Å². The van der Waals surface area contributed by atoms with Gasteiger partial charge < -0.3 is 15.3 Å². The van der Waals surface area contributed by atoms with Gasteiger partial charge in [0.15, 0.2) is 0 Å². The summed E-state index contributed by atoms with van der Waals surface area (Å²) in [5, 5.41) is 27.9. The number of aliphatic hydroxyl groups is 3. The van der Waals surface area contributed by atoms with Crippen LogP contribution in [0.3, 0.4) is 0 Å². The molecule has 0 heterocycles. The molecule has 0 radical (unpaired) electrons. The molecule has 0 saturated heterocycles. The first-order valence-corrected chi connectivity index (χ1v) is 4.10. The smallest absolute Gasteiger partial charge is 0.0882 e. The van der Waals surface area contributed by atoms with Crippen LogP contribution in [0.4, 0.5) is 0 Å². The Balaban J connectivity index is 2.21. The van der Waals surface area contributed by atoms with Crippen molar-refractivity contribution in [3.8, 4) is 0 Å². The number of hydrogen-bond donors (Lipinski definition) is 3. The SMILES string of the molecule is C[C@H]1[C@H](O)[C@H](O)[C@@]2(CO)C[C@H]12. The van der Waals surface area contributed by atoms with Crippen LogP contribution in [0.1, 0.15) is 13.3 Å². The van der Waals surface area contributed by atoms with Crippen molar-refractivity contribution in [1.82, 2.24) is 0 Å². The second-order valence-corrected chi connectivity index (χ2v) is 4.00. The minimum absolute atomic E-state index is 0.0141. The van der Waals surface area contributed by atoms with Gasteiger partial charge in [0.05, 0.1) is 18.8 Å². The molecule has 3 nitrogen and oxygen atoms in total. The summed E-state index contributed by atoms with van der Waals surface area (Å²) in [6.07, 6.45) is -0.448. The van der Waals surface area contributed by atoms with Crippen molar-refractivity contribution in [2.45, 2.75) is 25.6 Å². The zero-order chi connectivity index (χ0) is 8.22. The third kappa shape index (κ3) is 0.687. The molecular formula is C8H14O3. The molecule has 0 aromatic rings. The van der Waals surface area contributed by atoms with Crippen LogP contribution < -0.4 is 0 Å². The molecule has 0 aromatic carbocycles. The fourth-order valence-corrected chi connectivity index (χ4v) is 2.54. The van der Waals surface area contributed by atoms with Gasteiger partial charge in [-0.15, -0.1) is 0 Å². The maximum Gasteiger partial charge on any atom is 0.0882 e. The number of rotatable bonds is 1. The number of fused-ring (bicyclic) bond motifs is 1. The average Bonchev–Trinajstić information content (AvgIpc) is 2.71. The Morgan fingerprint density at radius 3 is 2.36 bits per heavy atom. The maximum absolute atomic E-state index is 9.52. The van der Waals surface area contributed by atoms with E-state index in [1.54, 1.807) is 0 Å². The third-order valence-corrected chi connectivity index (χ3v) is 3.56. The summed E-state index contributed by atoms with van der Waals surface area (Å²) in [4.78, 5) is 0. The Kier molecular flexibility index (Phi) is 1.35. The van der Waals surface area contributed by atoms with Crippen molar-refractivity contribution in [3.05, 3.63) is 0 Å². The number of aliphatic hydroxyl groups excluding tert-OH is 3. The van der Waals surface area contributed by atoms with Crippen molar-refractivity contribution < 1.29 is 15.3 Å². The summed E-state index contributed by atoms with van der Waals surface area (Å²) in [5.41, 5.74) is -0.334. The van der Waals surface area contributed by atoms with Crippen molar-refractivity contribution >= 4 is 0 Å². The van der Waals surface area contributed by atoms with Gasteiger partial charge in [-0.25, -0.2) is 0 Å². The van der Waals surface area contributed by atoms with Gasteiger partial charge >= 0.3 is 0 Å². The first-order chi connectivity index (χ1) is 5.13. The van der Waals surface area contributed by atoms with E-state index in [0.717, 1.165) is 6.42 Å². The first kappa shape index (κ1) is 7.53. The van der Waals surface area contributed by atoms with Gasteiger partial charge in [-0.2, -0.15) is 0 Å². The first-order valence-electron chi connectivity index (χ1n) is 4.10. The van der Waals surface area contributed by atoms with Gasteiger partial charge in [0.25, 0.3) is 0 Å². The lowest BCUT2D eigenvalue weighted by molar-refractivity contribution is -0.0302. The molecule has 0 bridgehead atoms.